The van der Waals surface area contributed by atoms with E-state index in [1.54, 1.807) is 0 Å². The Hall–Kier alpha value is 0.959. The van der Waals surface area contributed by atoms with E-state index >= 15 is 0 Å². The second-order valence-corrected chi connectivity index (χ2v) is 36.6. The summed E-state index contributed by atoms with van der Waals surface area (Å²) in [5.41, 5.74) is 0. The van der Waals surface area contributed by atoms with E-state index in [0.29, 0.717) is 0 Å². The van der Waals surface area contributed by atoms with Gasteiger partial charge in [-0.3, -0.25) is 0 Å². The number of halogens is 1. The molecule has 10 fully saturated rings. The predicted molar refractivity (Wildman–Crippen MR) is 67.5 cm³/mol. The van der Waals surface area contributed by atoms with Crippen LogP contribution < -0.4 is 0 Å². The molecule has 10 heterocycles. The Kier molecular flexibility index (Phi) is 0.233. The van der Waals surface area contributed by atoms with Crippen molar-refractivity contribution in [3.63, 3.8) is 0 Å². The van der Waals surface area contributed by atoms with Crippen molar-refractivity contribution < 1.29 is 6.51 Å². The van der Waals surface area contributed by atoms with Crippen LogP contribution in [0.3, 0.4) is 0 Å². The van der Waals surface area contributed by atoms with Gasteiger partial charge in [0.1, 0.15) is 0 Å². The number of rotatable bonds is 2. The van der Waals surface area contributed by atoms with Crippen molar-refractivity contribution in [3.05, 3.63) is 0 Å². The first kappa shape index (κ1) is 7.11. The summed E-state index contributed by atoms with van der Waals surface area (Å²) in [7, 11) is 4.71. The molecule has 6 unspecified atom stereocenters. The quantitative estimate of drug-likeness (QED) is 0.544. The van der Waals surface area contributed by atoms with E-state index < -0.39 is 6.51 Å². The fourth-order valence-corrected chi connectivity index (χ4v) is 107. The Morgan fingerprint density at radius 3 is 1.71 bits per heavy atom. The summed E-state index contributed by atoms with van der Waals surface area (Å²) in [6.45, 7) is -0.376. The first-order chi connectivity index (χ1) is 7.79. The first-order valence-corrected chi connectivity index (χ1v) is 14.4. The van der Waals surface area contributed by atoms with Gasteiger partial charge < -0.3 is 0 Å². The molecule has 10 aliphatic heterocycles. The summed E-state index contributed by atoms with van der Waals surface area (Å²) < 4.78 is 1.82. The molecule has 3 heteroatoms. The monoisotopic (exact) mass is 335 g/mol. The van der Waals surface area contributed by atoms with Crippen LogP contribution in [-0.2, 0) is 6.51 Å². The van der Waals surface area contributed by atoms with E-state index in [-0.39, 0.29) is 0 Å². The summed E-state index contributed by atoms with van der Waals surface area (Å²) >= 11 is 4.53. The summed E-state index contributed by atoms with van der Waals surface area (Å²) in [5.74, 6) is 0. The number of hydrogen-bond acceptors (Lipinski definition) is 1. The molecule has 6 atom stereocenters. The van der Waals surface area contributed by atoms with Gasteiger partial charge in [0, 0.05) is 0 Å². The second-order valence-electron chi connectivity index (χ2n) is 11.4. The molecule has 10 aliphatic rings. The molecule has 0 aliphatic carbocycles. The van der Waals surface area contributed by atoms with Gasteiger partial charge in [-0.2, -0.15) is 0 Å². The SMILES string of the molecule is CC(N(C)C)[C]12[CH]3[CH]4[CH]5[C]1(Br)[Fe]45321678[CH]2[CH]1[CH]6[CH]7[CH]28. The fraction of sp³-hybridized carbons (Fsp3) is 1.00. The number of hydrogen-bond donors (Lipinski definition) is 0. The zero-order valence-electron chi connectivity index (χ0n) is 10.4. The molecule has 0 aromatic rings. The number of fused-ring (bicyclic) bond motifs is 10. The average molecular weight is 336 g/mol. The molecule has 0 N–H and O–H groups in total. The van der Waals surface area contributed by atoms with Gasteiger partial charge in [0.05, 0.1) is 0 Å². The molecule has 10 rings (SSSR count). The molecule has 0 saturated carbocycles. The van der Waals surface area contributed by atoms with Crippen LogP contribution >= 0.6 is 15.9 Å². The van der Waals surface area contributed by atoms with Gasteiger partial charge in [-0.05, 0) is 0 Å². The summed E-state index contributed by atoms with van der Waals surface area (Å²) in [5, 5.41) is 0. The van der Waals surface area contributed by atoms with Crippen LogP contribution in [0, 0.1) is 0 Å². The zero-order valence-corrected chi connectivity index (χ0v) is 13.1. The normalized spacial score (nSPS) is 126. The molecule has 17 heavy (non-hydrogen) atoms. The molecule has 1 nitrogen and oxygen atoms in total. The summed E-state index contributed by atoms with van der Waals surface area (Å²) in [4.78, 5) is 14.0. The molecule has 0 aromatic heterocycles. The first-order valence-electron chi connectivity index (χ1n) is 7.35. The molecule has 1 spiro atoms. The van der Waals surface area contributed by atoms with Crippen LogP contribution in [-0.4, -0.2) is 28.3 Å². The standard InChI is InChI=1S/C9H13BrN.C5H5.Fe/c1-7(11(2)3)8-5-4-6-9(8)10;1-2-4-5-3-1;/h4-7H,1-3H3;1-5H;. The molecule has 94 valence electrons. The maximum absolute atomic E-state index is 4.53. The van der Waals surface area contributed by atoms with Crippen molar-refractivity contribution in [1.82, 2.24) is 4.90 Å². The van der Waals surface area contributed by atoms with Gasteiger partial charge in [0.25, 0.3) is 0 Å². The van der Waals surface area contributed by atoms with E-state index in [4.69, 9.17) is 0 Å². The minimum absolute atomic E-state index is 0.864. The molecular weight excluding hydrogens is 318 g/mol. The van der Waals surface area contributed by atoms with Gasteiger partial charge in [0.2, 0.25) is 0 Å². The molecular formula is C14H18BrFeN. The molecule has 0 bridgehead atoms. The van der Waals surface area contributed by atoms with E-state index in [2.05, 4.69) is 41.8 Å². The zero-order chi connectivity index (χ0) is 11.1. The van der Waals surface area contributed by atoms with Crippen molar-refractivity contribution >= 4 is 15.9 Å². The van der Waals surface area contributed by atoms with Gasteiger partial charge in [-0.25, -0.2) is 0 Å². The van der Waals surface area contributed by atoms with E-state index in [9.17, 15) is 0 Å². The molecule has 0 radical (unpaired) electrons. The van der Waals surface area contributed by atoms with Gasteiger partial charge in [-0.15, -0.1) is 0 Å². The minimum atomic E-state index is -2.98. The third-order valence-corrected chi connectivity index (χ3v) is 66.5. The van der Waals surface area contributed by atoms with Crippen LogP contribution in [0.15, 0.2) is 0 Å². The van der Waals surface area contributed by atoms with Crippen molar-refractivity contribution in [2.24, 2.45) is 0 Å². The van der Waals surface area contributed by atoms with Crippen LogP contribution in [0.1, 0.15) is 6.92 Å². The number of nitrogens with zero attached hydrogens (tertiary/aromatic N) is 1. The van der Waals surface area contributed by atoms with Gasteiger partial charge >= 0.3 is 100 Å². The van der Waals surface area contributed by atoms with Gasteiger partial charge in [0.15, 0.2) is 0 Å². The summed E-state index contributed by atoms with van der Waals surface area (Å²) in [6, 6.07) is 0.908. The maximum atomic E-state index is 4.53. The Morgan fingerprint density at radius 1 is 1.00 bits per heavy atom. The number of alkyl halides is 1. The fourth-order valence-electron chi connectivity index (χ4n) is 18.0. The Balaban J connectivity index is 1.66. The van der Waals surface area contributed by atoms with Crippen LogP contribution in [0.5, 0.6) is 0 Å². The predicted octanol–water partition coefficient (Wildman–Crippen LogP) is 4.00. The Labute approximate surface area is 100 Å². The average Bonchev–Trinajstić information content (AvgIpc) is 3.22. The molecule has 0 amide bonds. The Bertz CT molecular complexity index is 970. The van der Waals surface area contributed by atoms with Crippen LogP contribution in [0.2, 0.25) is 42.8 Å². The van der Waals surface area contributed by atoms with Crippen molar-refractivity contribution in [2.45, 2.75) is 59.0 Å². The third-order valence-electron chi connectivity index (χ3n) is 16.2. The summed E-state index contributed by atoms with van der Waals surface area (Å²) in [6.07, 6.45) is 0. The van der Waals surface area contributed by atoms with E-state index in [0.717, 1.165) is 13.6 Å². The molecule has 10 saturated heterocycles. The molecule has 0 aromatic carbocycles. The topological polar surface area (TPSA) is 3.24 Å². The second kappa shape index (κ2) is 0.558. The van der Waals surface area contributed by atoms with E-state index in [1.165, 1.54) is 38.5 Å². The Morgan fingerprint density at radius 2 is 1.53 bits per heavy atom. The van der Waals surface area contributed by atoms with Crippen molar-refractivity contribution in [1.29, 1.82) is 0 Å². The van der Waals surface area contributed by atoms with Gasteiger partial charge in [-0.1, -0.05) is 0 Å². The van der Waals surface area contributed by atoms with Crippen molar-refractivity contribution in [2.75, 3.05) is 14.1 Å². The van der Waals surface area contributed by atoms with Crippen molar-refractivity contribution in [3.8, 4) is 0 Å². The van der Waals surface area contributed by atoms with Crippen LogP contribution in [0.25, 0.3) is 0 Å². The third kappa shape index (κ3) is 0.0670. The van der Waals surface area contributed by atoms with Crippen LogP contribution in [0.4, 0.5) is 0 Å². The van der Waals surface area contributed by atoms with E-state index in [1.807, 2.05) is 0 Å².